The van der Waals surface area contributed by atoms with E-state index in [1.165, 1.54) is 0 Å². The minimum atomic E-state index is -3.36. The van der Waals surface area contributed by atoms with Crippen molar-refractivity contribution >= 4 is 15.7 Å². The molecular weight excluding hydrogens is 504 g/mol. The Hall–Kier alpha value is -3.53. The topological polar surface area (TPSA) is 132 Å². The van der Waals surface area contributed by atoms with Crippen LogP contribution in [-0.4, -0.2) is 54.1 Å². The highest BCUT2D eigenvalue weighted by Crippen LogP contribution is 2.27. The largest absolute Gasteiger partial charge is 0.441 e. The van der Waals surface area contributed by atoms with Gasteiger partial charge in [0.05, 0.1) is 16.7 Å². The average Bonchev–Trinajstić information content (AvgIpc) is 3.26. The van der Waals surface area contributed by atoms with Crippen molar-refractivity contribution in [1.29, 1.82) is 0 Å². The lowest BCUT2D eigenvalue weighted by Crippen LogP contribution is -2.41. The minimum Gasteiger partial charge on any atom is -0.441 e. The summed E-state index contributed by atoms with van der Waals surface area (Å²) in [6, 6.07) is 10.2. The van der Waals surface area contributed by atoms with Crippen molar-refractivity contribution in [1.82, 2.24) is 19.8 Å². The summed E-state index contributed by atoms with van der Waals surface area (Å²) in [6.07, 6.45) is 4.62. The van der Waals surface area contributed by atoms with Crippen molar-refractivity contribution in [2.24, 2.45) is 16.1 Å². The van der Waals surface area contributed by atoms with E-state index >= 15 is 0 Å². The number of piperidine rings is 1. The van der Waals surface area contributed by atoms with Crippen molar-refractivity contribution in [3.05, 3.63) is 71.4 Å². The number of hydrogen-bond acceptors (Lipinski definition) is 8. The zero-order valence-electron chi connectivity index (χ0n) is 21.9. The molecule has 1 aliphatic heterocycles. The zero-order chi connectivity index (χ0) is 27.1. The smallest absolute Gasteiger partial charge is 0.360 e. The fraction of sp³-hybridized carbons (Fsp3) is 0.444. The zero-order valence-corrected chi connectivity index (χ0v) is 22.8. The molecule has 11 heteroatoms. The van der Waals surface area contributed by atoms with E-state index in [0.717, 1.165) is 25.2 Å². The van der Waals surface area contributed by atoms with E-state index in [2.05, 4.69) is 43.9 Å². The molecule has 1 aliphatic rings. The van der Waals surface area contributed by atoms with Crippen LogP contribution in [0.1, 0.15) is 54.1 Å². The first-order valence-electron chi connectivity index (χ1n) is 12.7. The van der Waals surface area contributed by atoms with Gasteiger partial charge in [0.1, 0.15) is 17.4 Å². The van der Waals surface area contributed by atoms with Gasteiger partial charge in [-0.25, -0.2) is 13.4 Å². The number of aromatic nitrogens is 2. The quantitative estimate of drug-likeness (QED) is 0.292. The SMILES string of the molecule is Cc1oc(-c2ccc(C(=O)N=[N+]=NCc3cccnc3)cc2)nc1CS(=O)(=O)C1CCN(CC(C)C)CC1. The Morgan fingerprint density at radius 3 is 2.58 bits per heavy atom. The number of carbonyl (C=O) groups excluding carboxylic acids is 1. The van der Waals surface area contributed by atoms with Crippen LogP contribution < -0.4 is 4.91 Å². The predicted octanol–water partition coefficient (Wildman–Crippen LogP) is 4.39. The molecule has 38 heavy (non-hydrogen) atoms. The minimum absolute atomic E-state index is 0.142. The summed E-state index contributed by atoms with van der Waals surface area (Å²) in [6.45, 7) is 8.94. The number of rotatable bonds is 9. The first-order valence-corrected chi connectivity index (χ1v) is 14.4. The van der Waals surface area contributed by atoms with Crippen LogP contribution in [0.5, 0.6) is 0 Å². The summed E-state index contributed by atoms with van der Waals surface area (Å²) in [5, 5.41) is 7.15. The van der Waals surface area contributed by atoms with Crippen LogP contribution in [0.3, 0.4) is 0 Å². The van der Waals surface area contributed by atoms with Gasteiger partial charge in [0.15, 0.2) is 9.84 Å². The first-order chi connectivity index (χ1) is 18.2. The van der Waals surface area contributed by atoms with Crippen molar-refractivity contribution in [2.45, 2.75) is 51.2 Å². The Bertz CT molecular complexity index is 1400. The molecule has 0 aliphatic carbocycles. The summed E-state index contributed by atoms with van der Waals surface area (Å²) < 4.78 is 32.0. The molecule has 200 valence electrons. The van der Waals surface area contributed by atoms with Gasteiger partial charge in [0.25, 0.3) is 0 Å². The third kappa shape index (κ3) is 7.28. The molecule has 3 heterocycles. The van der Waals surface area contributed by atoms with Gasteiger partial charge in [-0.05, 0) is 74.7 Å². The Kier molecular flexibility index (Phi) is 8.93. The summed E-state index contributed by atoms with van der Waals surface area (Å²) >= 11 is 0. The second kappa shape index (κ2) is 12.3. The van der Waals surface area contributed by atoms with E-state index in [9.17, 15) is 13.2 Å². The molecule has 0 atom stereocenters. The number of aryl methyl sites for hydroxylation is 1. The Morgan fingerprint density at radius 2 is 1.92 bits per heavy atom. The second-order valence-corrected chi connectivity index (χ2v) is 12.2. The van der Waals surface area contributed by atoms with Crippen LogP contribution in [0, 0.1) is 12.8 Å². The van der Waals surface area contributed by atoms with Gasteiger partial charge in [0, 0.05) is 30.1 Å². The van der Waals surface area contributed by atoms with E-state index in [1.54, 1.807) is 49.6 Å². The molecule has 3 aromatic rings. The van der Waals surface area contributed by atoms with Crippen molar-refractivity contribution in [3.8, 4) is 11.5 Å². The Balaban J connectivity index is 1.37. The normalized spacial score (nSPS) is 14.8. The van der Waals surface area contributed by atoms with Crippen LogP contribution in [0.25, 0.3) is 11.5 Å². The number of nitrogens with zero attached hydrogens (tertiary/aromatic N) is 6. The number of benzene rings is 1. The molecule has 1 aromatic carbocycles. The lowest BCUT2D eigenvalue weighted by atomic mass is 10.1. The molecule has 4 rings (SSSR count). The molecule has 0 unspecified atom stereocenters. The molecule has 0 radical (unpaired) electrons. The number of pyridine rings is 1. The molecule has 10 nitrogen and oxygen atoms in total. The van der Waals surface area contributed by atoms with E-state index in [0.29, 0.717) is 47.2 Å². The molecule has 1 saturated heterocycles. The summed E-state index contributed by atoms with van der Waals surface area (Å²) in [4.78, 5) is 26.7. The van der Waals surface area contributed by atoms with Crippen LogP contribution in [0.15, 0.2) is 63.4 Å². The highest BCUT2D eigenvalue weighted by molar-refractivity contribution is 7.91. The molecular formula is C27H33N6O4S+. The molecule has 0 bridgehead atoms. The van der Waals surface area contributed by atoms with Crippen molar-refractivity contribution < 1.29 is 17.6 Å². The summed E-state index contributed by atoms with van der Waals surface area (Å²) in [5.74, 6) is 0.684. The van der Waals surface area contributed by atoms with Gasteiger partial charge < -0.3 is 9.32 Å². The monoisotopic (exact) mass is 537 g/mol. The third-order valence-corrected chi connectivity index (χ3v) is 8.61. The highest BCUT2D eigenvalue weighted by Gasteiger charge is 2.31. The van der Waals surface area contributed by atoms with Gasteiger partial charge in [-0.2, -0.15) is 0 Å². The van der Waals surface area contributed by atoms with Gasteiger partial charge in [0.2, 0.25) is 15.9 Å². The maximum atomic E-state index is 13.1. The molecule has 1 fully saturated rings. The third-order valence-electron chi connectivity index (χ3n) is 6.45. The van der Waals surface area contributed by atoms with Gasteiger partial charge in [-0.1, -0.05) is 19.9 Å². The van der Waals surface area contributed by atoms with E-state index in [4.69, 9.17) is 4.42 Å². The lowest BCUT2D eigenvalue weighted by molar-refractivity contribution is 0.0992. The Morgan fingerprint density at radius 1 is 1.18 bits per heavy atom. The maximum Gasteiger partial charge on any atom is 0.360 e. The number of amides is 1. The number of oxazole rings is 1. The first kappa shape index (κ1) is 27.5. The maximum absolute atomic E-state index is 13.1. The average molecular weight is 538 g/mol. The lowest BCUT2D eigenvalue weighted by Gasteiger charge is -2.32. The second-order valence-electron chi connectivity index (χ2n) is 9.96. The van der Waals surface area contributed by atoms with Crippen LogP contribution in [0.4, 0.5) is 0 Å². The number of carbonyl (C=O) groups is 1. The number of likely N-dealkylation sites (tertiary alicyclic amines) is 1. The molecule has 0 spiro atoms. The van der Waals surface area contributed by atoms with Crippen molar-refractivity contribution in [3.63, 3.8) is 0 Å². The Labute approximate surface area is 222 Å². The predicted molar refractivity (Wildman–Crippen MR) is 143 cm³/mol. The van der Waals surface area contributed by atoms with Crippen molar-refractivity contribution in [2.75, 3.05) is 19.6 Å². The van der Waals surface area contributed by atoms with Crippen LogP contribution in [-0.2, 0) is 22.1 Å². The molecule has 0 saturated carbocycles. The number of hydrogen-bond donors (Lipinski definition) is 0. The molecule has 0 N–H and O–H groups in total. The van der Waals surface area contributed by atoms with Gasteiger partial charge >= 0.3 is 5.91 Å². The fourth-order valence-electron chi connectivity index (χ4n) is 4.45. The van der Waals surface area contributed by atoms with E-state index in [-0.39, 0.29) is 17.5 Å². The summed E-state index contributed by atoms with van der Waals surface area (Å²) in [5.41, 5.74) is 2.26. The van der Waals surface area contributed by atoms with Crippen LogP contribution in [0.2, 0.25) is 0 Å². The summed E-state index contributed by atoms with van der Waals surface area (Å²) in [7, 11) is -3.36. The van der Waals surface area contributed by atoms with E-state index in [1.807, 2.05) is 6.07 Å². The fourth-order valence-corrected chi connectivity index (χ4v) is 6.27. The number of sulfone groups is 1. The van der Waals surface area contributed by atoms with Gasteiger partial charge in [-0.3, -0.25) is 9.78 Å². The van der Waals surface area contributed by atoms with Crippen LogP contribution >= 0.6 is 0 Å². The highest BCUT2D eigenvalue weighted by atomic mass is 32.2. The molecule has 1 amide bonds. The standard InChI is InChI=1S/C27H33N6O4S/c1-19(2)17-33-13-10-24(11-14-33)38(35,36)18-25-20(3)37-27(30-25)23-8-6-22(7-9-23)26(34)31-32-29-16-21-5-4-12-28-15-21/h4-9,12,15,19,24H,10-11,13-14,16-18H2,1-3H3/q+1. The van der Waals surface area contributed by atoms with Gasteiger partial charge in [-0.15, -0.1) is 0 Å². The van der Waals surface area contributed by atoms with E-state index < -0.39 is 15.7 Å². The molecule has 2 aromatic heterocycles.